The van der Waals surface area contributed by atoms with Gasteiger partial charge in [0.15, 0.2) is 17.5 Å². The van der Waals surface area contributed by atoms with Gasteiger partial charge in [-0.3, -0.25) is 0 Å². The zero-order chi connectivity index (χ0) is 10.2. The van der Waals surface area contributed by atoms with Crippen LogP contribution in [0.3, 0.4) is 0 Å². The predicted octanol–water partition coefficient (Wildman–Crippen LogP) is -1.99. The van der Waals surface area contributed by atoms with E-state index in [9.17, 15) is 26.1 Å². The summed E-state index contributed by atoms with van der Waals surface area (Å²) >= 11 is 0. The summed E-state index contributed by atoms with van der Waals surface area (Å²) in [6.45, 7) is 0. The van der Waals surface area contributed by atoms with E-state index in [1.165, 1.54) is 0 Å². The molecule has 0 radical (unpaired) electrons. The van der Waals surface area contributed by atoms with Crippen molar-refractivity contribution in [3.8, 4) is 0 Å². The molecule has 0 aliphatic carbocycles. The zero-order valence-electron chi connectivity index (χ0n) is 6.92. The van der Waals surface area contributed by atoms with Crippen LogP contribution in [0.4, 0.5) is 13.2 Å². The summed E-state index contributed by atoms with van der Waals surface area (Å²) in [4.78, 5) is -1.40. The van der Waals surface area contributed by atoms with E-state index in [2.05, 4.69) is 0 Å². The third kappa shape index (κ3) is 2.71. The van der Waals surface area contributed by atoms with E-state index in [0.717, 1.165) is 0 Å². The van der Waals surface area contributed by atoms with E-state index in [0.29, 0.717) is 12.1 Å². The van der Waals surface area contributed by atoms with Crippen molar-refractivity contribution in [1.29, 1.82) is 0 Å². The van der Waals surface area contributed by atoms with Crippen molar-refractivity contribution >= 4 is 10.1 Å². The summed E-state index contributed by atoms with van der Waals surface area (Å²) in [7, 11) is -5.10. The monoisotopic (exact) mass is 234 g/mol. The molecule has 1 aromatic carbocycles. The Bertz CT molecular complexity index is 446. The quantitative estimate of drug-likeness (QED) is 0.321. The summed E-state index contributed by atoms with van der Waals surface area (Å²) in [6, 6.07) is 0.735. The van der Waals surface area contributed by atoms with Crippen molar-refractivity contribution in [2.75, 3.05) is 0 Å². The molecular formula is C6H2F3NaO3S. The van der Waals surface area contributed by atoms with E-state index in [4.69, 9.17) is 0 Å². The molecule has 14 heavy (non-hydrogen) atoms. The van der Waals surface area contributed by atoms with Crippen LogP contribution in [0.2, 0.25) is 0 Å². The average molecular weight is 234 g/mol. The maximum atomic E-state index is 12.6. The molecule has 0 aliphatic heterocycles. The topological polar surface area (TPSA) is 57.2 Å². The van der Waals surface area contributed by atoms with Gasteiger partial charge in [-0.1, -0.05) is 0 Å². The van der Waals surface area contributed by atoms with E-state index in [-0.39, 0.29) is 29.6 Å². The first-order chi connectivity index (χ1) is 5.84. The van der Waals surface area contributed by atoms with Crippen molar-refractivity contribution in [2.45, 2.75) is 4.90 Å². The second-order valence-electron chi connectivity index (χ2n) is 2.13. The molecule has 0 aliphatic rings. The Labute approximate surface area is 100.0 Å². The first-order valence-corrected chi connectivity index (χ1v) is 4.34. The first-order valence-electron chi connectivity index (χ1n) is 2.93. The van der Waals surface area contributed by atoms with E-state index < -0.39 is 32.5 Å². The molecule has 0 unspecified atom stereocenters. The molecule has 3 nitrogen and oxygen atoms in total. The molecule has 0 N–H and O–H groups in total. The Balaban J connectivity index is 0.00000169. The normalized spacial score (nSPS) is 10.9. The molecule has 0 amide bonds. The zero-order valence-corrected chi connectivity index (χ0v) is 9.74. The Hall–Kier alpha value is -0.0800. The van der Waals surface area contributed by atoms with Gasteiger partial charge in [0.05, 0.1) is 4.90 Å². The van der Waals surface area contributed by atoms with Crippen LogP contribution in [0.1, 0.15) is 0 Å². The third-order valence-corrected chi connectivity index (χ3v) is 2.12. The van der Waals surface area contributed by atoms with Gasteiger partial charge in [0.1, 0.15) is 10.1 Å². The molecule has 0 heterocycles. The van der Waals surface area contributed by atoms with Crippen LogP contribution < -0.4 is 29.6 Å². The van der Waals surface area contributed by atoms with Crippen LogP contribution in [-0.2, 0) is 10.1 Å². The predicted molar refractivity (Wildman–Crippen MR) is 34.3 cm³/mol. The molecule has 1 aromatic rings. The molecule has 0 saturated heterocycles. The SMILES string of the molecule is O=S(=O)([O-])c1ccc(F)c(F)c1F.[Na+]. The second-order valence-corrected chi connectivity index (χ2v) is 3.48. The van der Waals surface area contributed by atoms with E-state index in [1.54, 1.807) is 0 Å². The van der Waals surface area contributed by atoms with Crippen molar-refractivity contribution in [1.82, 2.24) is 0 Å². The van der Waals surface area contributed by atoms with Gasteiger partial charge in [0, 0.05) is 0 Å². The minimum atomic E-state index is -5.10. The van der Waals surface area contributed by atoms with Crippen LogP contribution in [0.15, 0.2) is 17.0 Å². The fraction of sp³-hybridized carbons (Fsp3) is 0. The number of benzene rings is 1. The Morgan fingerprint density at radius 1 is 1.07 bits per heavy atom. The Morgan fingerprint density at radius 3 is 2.00 bits per heavy atom. The standard InChI is InChI=1S/C6H3F3O3S.Na/c7-3-1-2-4(13(10,11)12)6(9)5(3)8;/h1-2H,(H,10,11,12);/q;+1/p-1. The first kappa shape index (κ1) is 13.9. The molecule has 0 fully saturated rings. The number of hydrogen-bond acceptors (Lipinski definition) is 3. The third-order valence-electron chi connectivity index (χ3n) is 1.27. The average Bonchev–Trinajstić information content (AvgIpc) is 1.98. The number of rotatable bonds is 1. The summed E-state index contributed by atoms with van der Waals surface area (Å²) in [5, 5.41) is 0. The van der Waals surface area contributed by atoms with Gasteiger partial charge in [-0.05, 0) is 12.1 Å². The van der Waals surface area contributed by atoms with Gasteiger partial charge in [-0.25, -0.2) is 21.6 Å². The van der Waals surface area contributed by atoms with E-state index in [1.807, 2.05) is 0 Å². The molecule has 8 heteroatoms. The van der Waals surface area contributed by atoms with Crippen LogP contribution in [0.5, 0.6) is 0 Å². The van der Waals surface area contributed by atoms with Gasteiger partial charge in [-0.2, -0.15) is 0 Å². The summed E-state index contributed by atoms with van der Waals surface area (Å²) in [5.74, 6) is -5.52. The molecule has 0 atom stereocenters. The summed E-state index contributed by atoms with van der Waals surface area (Å²) in [6.07, 6.45) is 0. The van der Waals surface area contributed by atoms with Gasteiger partial charge in [0.25, 0.3) is 0 Å². The maximum Gasteiger partial charge on any atom is 1.00 e. The van der Waals surface area contributed by atoms with Gasteiger partial charge < -0.3 is 4.55 Å². The molecule has 1 rings (SSSR count). The molecule has 0 saturated carbocycles. The fourth-order valence-electron chi connectivity index (χ4n) is 0.701. The van der Waals surface area contributed by atoms with Crippen molar-refractivity contribution < 1.29 is 55.7 Å². The fourth-order valence-corrected chi connectivity index (χ4v) is 1.25. The number of hydrogen-bond donors (Lipinski definition) is 0. The molecule has 72 valence electrons. The van der Waals surface area contributed by atoms with Crippen molar-refractivity contribution in [3.05, 3.63) is 29.6 Å². The van der Waals surface area contributed by atoms with Gasteiger partial charge in [0.2, 0.25) is 0 Å². The van der Waals surface area contributed by atoms with Gasteiger partial charge in [-0.15, -0.1) is 0 Å². The van der Waals surface area contributed by atoms with Crippen LogP contribution in [0.25, 0.3) is 0 Å². The van der Waals surface area contributed by atoms with Crippen LogP contribution in [0, 0.1) is 17.5 Å². The van der Waals surface area contributed by atoms with Crippen molar-refractivity contribution in [3.63, 3.8) is 0 Å². The Kier molecular flexibility index (Phi) is 4.60. The minimum absolute atomic E-state index is 0. The summed E-state index contributed by atoms with van der Waals surface area (Å²) in [5.41, 5.74) is 0. The van der Waals surface area contributed by atoms with E-state index >= 15 is 0 Å². The van der Waals surface area contributed by atoms with Crippen LogP contribution >= 0.6 is 0 Å². The molecule has 0 spiro atoms. The van der Waals surface area contributed by atoms with Crippen molar-refractivity contribution in [2.24, 2.45) is 0 Å². The molecule has 0 bridgehead atoms. The Morgan fingerprint density at radius 2 is 1.57 bits per heavy atom. The summed E-state index contributed by atoms with van der Waals surface area (Å²) < 4.78 is 67.9. The van der Waals surface area contributed by atoms with Crippen LogP contribution in [-0.4, -0.2) is 13.0 Å². The largest absolute Gasteiger partial charge is 1.00 e. The maximum absolute atomic E-state index is 12.6. The number of halogens is 3. The smallest absolute Gasteiger partial charge is 0.744 e. The second kappa shape index (κ2) is 4.63. The van der Waals surface area contributed by atoms with Gasteiger partial charge >= 0.3 is 29.6 Å². The molecule has 0 aromatic heterocycles. The molecular weight excluding hydrogens is 232 g/mol. The minimum Gasteiger partial charge on any atom is -0.744 e.